The molecule has 4 rings (SSSR count). The molecule has 3 heterocycles. The third-order valence-corrected chi connectivity index (χ3v) is 4.57. The predicted octanol–water partition coefficient (Wildman–Crippen LogP) is 2.09. The van der Waals surface area contributed by atoms with E-state index in [2.05, 4.69) is 20.1 Å². The molecule has 25 heavy (non-hydrogen) atoms. The van der Waals surface area contributed by atoms with E-state index in [0.29, 0.717) is 27.9 Å². The van der Waals surface area contributed by atoms with Gasteiger partial charge in [0, 0.05) is 29.9 Å². The summed E-state index contributed by atoms with van der Waals surface area (Å²) >= 11 is 1.41. The molecular weight excluding hydrogens is 338 g/mol. The Balaban J connectivity index is 1.73. The smallest absolute Gasteiger partial charge is 0.284 e. The van der Waals surface area contributed by atoms with Gasteiger partial charge in [0.2, 0.25) is 0 Å². The molecule has 0 amide bonds. The Kier molecular flexibility index (Phi) is 3.95. The van der Waals surface area contributed by atoms with Crippen LogP contribution in [0.25, 0.3) is 16.7 Å². The highest BCUT2D eigenvalue weighted by atomic mass is 32.2. The van der Waals surface area contributed by atoms with Gasteiger partial charge in [0.15, 0.2) is 10.6 Å². The average Bonchev–Trinajstić information content (AvgIpc) is 2.99. The van der Waals surface area contributed by atoms with Crippen LogP contribution in [0, 0.1) is 0 Å². The summed E-state index contributed by atoms with van der Waals surface area (Å²) in [5.41, 5.74) is 1.09. The number of benzene rings is 1. The molecule has 7 nitrogen and oxygen atoms in total. The number of rotatable bonds is 4. The monoisotopic (exact) mass is 351 g/mol. The van der Waals surface area contributed by atoms with Gasteiger partial charge in [-0.05, 0) is 18.2 Å². The summed E-state index contributed by atoms with van der Waals surface area (Å²) in [4.78, 5) is 36.3. The molecule has 124 valence electrons. The van der Waals surface area contributed by atoms with Crippen molar-refractivity contribution in [3.05, 3.63) is 81.1 Å². The lowest BCUT2D eigenvalue weighted by Crippen LogP contribution is -2.18. The molecule has 0 bridgehead atoms. The number of hydrogen-bond donors (Lipinski definition) is 2. The number of hydrogen-bond acceptors (Lipinski definition) is 5. The zero-order valence-electron chi connectivity index (χ0n) is 13.0. The second-order valence-corrected chi connectivity index (χ2v) is 6.26. The molecule has 2 N–H and O–H groups in total. The van der Waals surface area contributed by atoms with Gasteiger partial charge in [-0.1, -0.05) is 30.0 Å². The molecule has 0 aliphatic rings. The number of fused-ring (bicyclic) bond motifs is 1. The minimum absolute atomic E-state index is 0.119. The first-order chi connectivity index (χ1) is 12.2. The van der Waals surface area contributed by atoms with Gasteiger partial charge in [-0.15, -0.1) is 0 Å². The van der Waals surface area contributed by atoms with Gasteiger partial charge in [-0.2, -0.15) is 0 Å². The number of aromatic amines is 2. The molecule has 3 aromatic heterocycles. The second kappa shape index (κ2) is 6.40. The largest absolute Gasteiger partial charge is 0.343 e. The first-order valence-electron chi connectivity index (χ1n) is 7.54. The fraction of sp³-hybridized carbons (Fsp3) is 0.0588. The van der Waals surface area contributed by atoms with Crippen LogP contribution in [0.15, 0.2) is 69.6 Å². The van der Waals surface area contributed by atoms with Crippen LogP contribution >= 0.6 is 11.8 Å². The average molecular weight is 351 g/mol. The maximum absolute atomic E-state index is 12.5. The van der Waals surface area contributed by atoms with E-state index in [-0.39, 0.29) is 16.4 Å². The fourth-order valence-corrected chi connectivity index (χ4v) is 3.23. The Morgan fingerprint density at radius 3 is 2.56 bits per heavy atom. The predicted molar refractivity (Wildman–Crippen MR) is 96.1 cm³/mol. The van der Waals surface area contributed by atoms with Crippen molar-refractivity contribution in [2.24, 2.45) is 0 Å². The summed E-state index contributed by atoms with van der Waals surface area (Å²) in [6, 6.07) is 12.3. The van der Waals surface area contributed by atoms with Crippen LogP contribution in [0.4, 0.5) is 0 Å². The molecule has 0 spiro atoms. The quantitative estimate of drug-likeness (QED) is 0.433. The number of nitrogens with one attached hydrogen (secondary N) is 2. The minimum atomic E-state index is -0.368. The maximum atomic E-state index is 12.5. The lowest BCUT2D eigenvalue weighted by molar-refractivity contribution is 0.857. The van der Waals surface area contributed by atoms with Crippen molar-refractivity contribution in [1.29, 1.82) is 0 Å². The first kappa shape index (κ1) is 15.4. The van der Waals surface area contributed by atoms with Crippen molar-refractivity contribution in [1.82, 2.24) is 24.7 Å². The van der Waals surface area contributed by atoms with Crippen molar-refractivity contribution in [3.8, 4) is 5.69 Å². The highest BCUT2D eigenvalue weighted by molar-refractivity contribution is 7.98. The van der Waals surface area contributed by atoms with Gasteiger partial charge in [-0.25, -0.2) is 14.6 Å². The third kappa shape index (κ3) is 2.99. The van der Waals surface area contributed by atoms with E-state index < -0.39 is 0 Å². The summed E-state index contributed by atoms with van der Waals surface area (Å²) in [5, 5.41) is 3.71. The molecule has 0 unspecified atom stereocenters. The van der Waals surface area contributed by atoms with Crippen LogP contribution in [0.2, 0.25) is 0 Å². The van der Waals surface area contributed by atoms with Crippen LogP contribution in [-0.2, 0) is 5.75 Å². The summed E-state index contributed by atoms with van der Waals surface area (Å²) < 4.78 is 1.36. The van der Waals surface area contributed by atoms with E-state index in [1.807, 2.05) is 18.2 Å². The van der Waals surface area contributed by atoms with Crippen molar-refractivity contribution in [2.45, 2.75) is 10.9 Å². The van der Waals surface area contributed by atoms with E-state index >= 15 is 0 Å². The number of thioether (sulfide) groups is 1. The highest BCUT2D eigenvalue weighted by Crippen LogP contribution is 2.17. The topological polar surface area (TPSA) is 96.4 Å². The molecule has 0 saturated heterocycles. The molecule has 0 fully saturated rings. The first-order valence-corrected chi connectivity index (χ1v) is 8.53. The molecule has 0 saturated carbocycles. The molecule has 8 heteroatoms. The molecule has 0 atom stereocenters. The third-order valence-electron chi connectivity index (χ3n) is 3.64. The molecular formula is C17H13N5O2S. The van der Waals surface area contributed by atoms with Crippen molar-refractivity contribution >= 4 is 22.8 Å². The summed E-state index contributed by atoms with van der Waals surface area (Å²) in [6.45, 7) is 0. The number of nitrogens with zero attached hydrogens (tertiary/aromatic N) is 3. The van der Waals surface area contributed by atoms with E-state index in [1.54, 1.807) is 30.6 Å². The maximum Gasteiger partial charge on any atom is 0.284 e. The van der Waals surface area contributed by atoms with Crippen molar-refractivity contribution in [2.75, 3.05) is 0 Å². The Morgan fingerprint density at radius 2 is 1.80 bits per heavy atom. The van der Waals surface area contributed by atoms with Gasteiger partial charge in [0.25, 0.3) is 5.56 Å². The zero-order chi connectivity index (χ0) is 17.2. The van der Waals surface area contributed by atoms with Gasteiger partial charge >= 0.3 is 0 Å². The van der Waals surface area contributed by atoms with Gasteiger partial charge in [0.1, 0.15) is 11.0 Å². The van der Waals surface area contributed by atoms with E-state index in [9.17, 15) is 9.59 Å². The summed E-state index contributed by atoms with van der Waals surface area (Å²) in [7, 11) is 0. The molecule has 0 radical (unpaired) electrons. The normalized spacial score (nSPS) is 11.0. The number of H-pyrrole nitrogens is 2. The molecule has 1 aromatic carbocycles. The van der Waals surface area contributed by atoms with Gasteiger partial charge < -0.3 is 4.98 Å². The van der Waals surface area contributed by atoms with Crippen LogP contribution in [0.1, 0.15) is 5.69 Å². The minimum Gasteiger partial charge on any atom is -0.343 e. The van der Waals surface area contributed by atoms with Crippen LogP contribution in [0.3, 0.4) is 0 Å². The van der Waals surface area contributed by atoms with E-state index in [4.69, 9.17) is 0 Å². The second-order valence-electron chi connectivity index (χ2n) is 5.32. The van der Waals surface area contributed by atoms with Gasteiger partial charge in [-0.3, -0.25) is 14.7 Å². The molecule has 4 aromatic rings. The SMILES string of the molecule is O=c1cc(CSc2ncccn2)[nH]c2[nH]n(-c3ccccc3)c(=O)c12. The molecule has 0 aliphatic heterocycles. The summed E-state index contributed by atoms with van der Waals surface area (Å²) in [5.74, 6) is 0.494. The zero-order valence-corrected chi connectivity index (χ0v) is 13.8. The van der Waals surface area contributed by atoms with Crippen LogP contribution in [0.5, 0.6) is 0 Å². The Bertz CT molecular complexity index is 1130. The standard InChI is InChI=1S/C17H13N5O2S/c23-13-9-11(10-25-17-18-7-4-8-19-17)20-15-14(13)16(24)22(21-15)12-5-2-1-3-6-12/h1-9H,10H2,(H2,20,21,23). The van der Waals surface area contributed by atoms with Gasteiger partial charge in [0.05, 0.1) is 5.69 Å². The fourth-order valence-electron chi connectivity index (χ4n) is 2.52. The van der Waals surface area contributed by atoms with Crippen molar-refractivity contribution < 1.29 is 0 Å². The number of aromatic nitrogens is 5. The van der Waals surface area contributed by atoms with E-state index in [0.717, 1.165) is 0 Å². The number of para-hydroxylation sites is 1. The Morgan fingerprint density at radius 1 is 1.04 bits per heavy atom. The van der Waals surface area contributed by atoms with Crippen molar-refractivity contribution in [3.63, 3.8) is 0 Å². The highest BCUT2D eigenvalue weighted by Gasteiger charge is 2.13. The Labute approximate surface area is 145 Å². The van der Waals surface area contributed by atoms with Crippen LogP contribution < -0.4 is 11.0 Å². The number of pyridine rings is 1. The Hall–Kier alpha value is -3.13. The molecule has 0 aliphatic carbocycles. The summed E-state index contributed by atoms with van der Waals surface area (Å²) in [6.07, 6.45) is 3.33. The lowest BCUT2D eigenvalue weighted by atomic mass is 10.3. The lowest BCUT2D eigenvalue weighted by Gasteiger charge is -2.01. The van der Waals surface area contributed by atoms with E-state index in [1.165, 1.54) is 22.5 Å². The van der Waals surface area contributed by atoms with Crippen LogP contribution in [-0.4, -0.2) is 24.7 Å².